The van der Waals surface area contributed by atoms with Crippen LogP contribution in [-0.2, 0) is 5.41 Å². The largest absolute Gasteiger partial charge is 0.457 e. The van der Waals surface area contributed by atoms with E-state index in [1.165, 1.54) is 10.9 Å². The van der Waals surface area contributed by atoms with E-state index in [0.717, 1.165) is 56.2 Å². The van der Waals surface area contributed by atoms with Crippen molar-refractivity contribution in [1.82, 2.24) is 9.55 Å². The van der Waals surface area contributed by atoms with Gasteiger partial charge in [-0.1, -0.05) is 87.5 Å². The van der Waals surface area contributed by atoms with E-state index in [4.69, 9.17) is 15.5 Å². The summed E-state index contributed by atoms with van der Waals surface area (Å²) in [5.41, 5.74) is 14.3. The summed E-state index contributed by atoms with van der Waals surface area (Å²) in [6, 6.07) is 43.3. The van der Waals surface area contributed by atoms with E-state index in [9.17, 15) is 0 Å². The predicted octanol–water partition coefficient (Wildman–Crippen LogP) is 10.3. The molecule has 7 rings (SSSR count). The third kappa shape index (κ3) is 5.13. The van der Waals surface area contributed by atoms with Gasteiger partial charge in [0.25, 0.3) is 0 Å². The molecule has 0 aliphatic rings. The fourth-order valence-corrected chi connectivity index (χ4v) is 5.75. The van der Waals surface area contributed by atoms with Crippen LogP contribution in [0.15, 0.2) is 134 Å². The number of nitrogens with zero attached hydrogens (tertiary/aromatic N) is 2. The summed E-state index contributed by atoms with van der Waals surface area (Å²) in [5.74, 6) is 2.35. The van der Waals surface area contributed by atoms with Gasteiger partial charge in [-0.25, -0.2) is 4.98 Å². The first-order chi connectivity index (χ1) is 21.3. The van der Waals surface area contributed by atoms with E-state index >= 15 is 0 Å². The van der Waals surface area contributed by atoms with Crippen LogP contribution in [0.25, 0.3) is 38.8 Å². The molecule has 5 nitrogen and oxygen atoms in total. The zero-order chi connectivity index (χ0) is 30.3. The molecule has 2 aromatic heterocycles. The number of pyridine rings is 1. The number of nitrogens with one attached hydrogen (secondary N) is 1. The monoisotopic (exact) mass is 574 g/mol. The lowest BCUT2D eigenvalue weighted by Gasteiger charge is -2.20. The maximum absolute atomic E-state index is 6.47. The lowest BCUT2D eigenvalue weighted by atomic mass is 9.88. The summed E-state index contributed by atoms with van der Waals surface area (Å²) < 4.78 is 8.75. The van der Waals surface area contributed by atoms with Crippen LogP contribution in [0.5, 0.6) is 11.5 Å². The molecule has 7 aromatic rings. The Balaban J connectivity index is 1.38. The van der Waals surface area contributed by atoms with Crippen LogP contribution in [-0.4, -0.2) is 9.55 Å². The number of aromatic nitrogens is 2. The summed E-state index contributed by atoms with van der Waals surface area (Å²) in [4.78, 5) is 4.91. The first-order valence-corrected chi connectivity index (χ1v) is 14.8. The number of nitrogen functional groups attached to an aromatic ring is 1. The Morgan fingerprint density at radius 3 is 2.30 bits per heavy atom. The molecule has 0 amide bonds. The van der Waals surface area contributed by atoms with Gasteiger partial charge in [-0.05, 0) is 65.1 Å². The molecule has 5 heteroatoms. The van der Waals surface area contributed by atoms with Crippen molar-refractivity contribution in [3.05, 3.63) is 139 Å². The van der Waals surface area contributed by atoms with Crippen LogP contribution in [0.3, 0.4) is 0 Å². The van der Waals surface area contributed by atoms with Crippen molar-refractivity contribution in [2.75, 3.05) is 11.1 Å². The molecule has 216 valence electrons. The van der Waals surface area contributed by atoms with Gasteiger partial charge in [0.1, 0.15) is 17.3 Å². The highest BCUT2D eigenvalue weighted by molar-refractivity contribution is 6.14. The molecule has 2 heterocycles. The molecule has 0 aliphatic carbocycles. The van der Waals surface area contributed by atoms with Crippen LogP contribution in [0, 0.1) is 0 Å². The maximum Gasteiger partial charge on any atom is 0.137 e. The average Bonchev–Trinajstić information content (AvgIpc) is 3.36. The summed E-state index contributed by atoms with van der Waals surface area (Å²) in [5, 5.41) is 5.71. The van der Waals surface area contributed by atoms with Crippen molar-refractivity contribution in [2.24, 2.45) is 0 Å². The molecular formula is C39H34N4O. The zero-order valence-corrected chi connectivity index (χ0v) is 25.1. The Morgan fingerprint density at radius 2 is 1.48 bits per heavy atom. The number of anilines is 3. The SMILES string of the molecule is CC(C)(C)c1ccnc(-n2c3cc(Oc4cccc(Nc5ccccc5N)c4)ccc3c3cccc(-c4ccccc4)c32)c1. The molecule has 0 fully saturated rings. The normalized spacial score (nSPS) is 11.6. The zero-order valence-electron chi connectivity index (χ0n) is 25.1. The van der Waals surface area contributed by atoms with Gasteiger partial charge in [0.15, 0.2) is 0 Å². The highest BCUT2D eigenvalue weighted by Gasteiger charge is 2.20. The first-order valence-electron chi connectivity index (χ1n) is 14.8. The van der Waals surface area contributed by atoms with E-state index < -0.39 is 0 Å². The van der Waals surface area contributed by atoms with Crippen LogP contribution >= 0.6 is 0 Å². The fraction of sp³-hybridized carbons (Fsp3) is 0.103. The minimum atomic E-state index is -0.0174. The number of hydrogen-bond donors (Lipinski definition) is 2. The van der Waals surface area contributed by atoms with Gasteiger partial charge in [0.05, 0.1) is 22.4 Å². The Kier molecular flexibility index (Phi) is 6.78. The van der Waals surface area contributed by atoms with Crippen molar-refractivity contribution in [1.29, 1.82) is 0 Å². The van der Waals surface area contributed by atoms with Gasteiger partial charge in [0, 0.05) is 40.4 Å². The molecular weight excluding hydrogens is 540 g/mol. The number of ether oxygens (including phenoxy) is 1. The van der Waals surface area contributed by atoms with Crippen molar-refractivity contribution in [3.8, 4) is 28.4 Å². The van der Waals surface area contributed by atoms with Crippen LogP contribution < -0.4 is 15.8 Å². The molecule has 0 spiro atoms. The fourth-order valence-electron chi connectivity index (χ4n) is 5.75. The predicted molar refractivity (Wildman–Crippen MR) is 183 cm³/mol. The van der Waals surface area contributed by atoms with Gasteiger partial charge in [0.2, 0.25) is 0 Å². The lowest BCUT2D eigenvalue weighted by molar-refractivity contribution is 0.483. The molecule has 0 unspecified atom stereocenters. The number of nitrogens with two attached hydrogens (primary N) is 1. The molecule has 0 saturated heterocycles. The average molecular weight is 575 g/mol. The van der Waals surface area contributed by atoms with Crippen molar-refractivity contribution < 1.29 is 4.74 Å². The topological polar surface area (TPSA) is 65.1 Å². The van der Waals surface area contributed by atoms with Gasteiger partial charge in [-0.2, -0.15) is 0 Å². The summed E-state index contributed by atoms with van der Waals surface area (Å²) in [6.07, 6.45) is 1.91. The lowest BCUT2D eigenvalue weighted by Crippen LogP contribution is -2.12. The second-order valence-electron chi connectivity index (χ2n) is 12.1. The Labute approximate surface area is 257 Å². The van der Waals surface area contributed by atoms with Gasteiger partial charge in [-0.15, -0.1) is 0 Å². The van der Waals surface area contributed by atoms with Crippen LogP contribution in [0.4, 0.5) is 17.1 Å². The number of hydrogen-bond acceptors (Lipinski definition) is 4. The second kappa shape index (κ2) is 10.9. The molecule has 0 aliphatic heterocycles. The maximum atomic E-state index is 6.47. The van der Waals surface area contributed by atoms with E-state index in [2.05, 4.69) is 103 Å². The Hall–Kier alpha value is -5.55. The van der Waals surface area contributed by atoms with Gasteiger partial charge < -0.3 is 15.8 Å². The van der Waals surface area contributed by atoms with E-state index in [-0.39, 0.29) is 5.41 Å². The summed E-state index contributed by atoms with van der Waals surface area (Å²) in [6.45, 7) is 6.69. The molecule has 0 bridgehead atoms. The standard InChI is InChI=1S/C39H34N4O/c1-39(2,3)27-21-22-41-37(23-27)43-36-25-30(44-29-14-9-13-28(24-29)42-35-18-8-7-17-34(35)40)19-20-32(36)33-16-10-15-31(38(33)43)26-11-5-4-6-12-26/h4-25,42H,40H2,1-3H3. The minimum absolute atomic E-state index is 0.0174. The molecule has 5 aromatic carbocycles. The Bertz CT molecular complexity index is 2120. The van der Waals surface area contributed by atoms with Crippen molar-refractivity contribution in [2.45, 2.75) is 26.2 Å². The van der Waals surface area contributed by atoms with Crippen molar-refractivity contribution in [3.63, 3.8) is 0 Å². The molecule has 0 saturated carbocycles. The first kappa shape index (κ1) is 27.3. The van der Waals surface area contributed by atoms with E-state index in [1.807, 2.05) is 60.8 Å². The molecule has 44 heavy (non-hydrogen) atoms. The van der Waals surface area contributed by atoms with Crippen LogP contribution in [0.2, 0.25) is 0 Å². The van der Waals surface area contributed by atoms with Crippen molar-refractivity contribution >= 4 is 38.9 Å². The third-order valence-corrected chi connectivity index (χ3v) is 7.99. The number of para-hydroxylation sites is 3. The van der Waals surface area contributed by atoms with Gasteiger partial charge >= 0.3 is 0 Å². The van der Waals surface area contributed by atoms with Crippen LogP contribution in [0.1, 0.15) is 26.3 Å². The minimum Gasteiger partial charge on any atom is -0.457 e. The summed E-state index contributed by atoms with van der Waals surface area (Å²) >= 11 is 0. The number of rotatable bonds is 6. The quantitative estimate of drug-likeness (QED) is 0.194. The summed E-state index contributed by atoms with van der Waals surface area (Å²) in [7, 11) is 0. The number of benzene rings is 5. The number of fused-ring (bicyclic) bond motifs is 3. The van der Waals surface area contributed by atoms with E-state index in [1.54, 1.807) is 0 Å². The highest BCUT2D eigenvalue weighted by Crippen LogP contribution is 2.40. The molecule has 0 atom stereocenters. The van der Waals surface area contributed by atoms with Gasteiger partial charge in [-0.3, -0.25) is 4.57 Å². The molecule has 0 radical (unpaired) electrons. The smallest absolute Gasteiger partial charge is 0.137 e. The Morgan fingerprint density at radius 1 is 0.705 bits per heavy atom. The molecule has 3 N–H and O–H groups in total. The highest BCUT2D eigenvalue weighted by atomic mass is 16.5. The third-order valence-electron chi connectivity index (χ3n) is 7.99. The van der Waals surface area contributed by atoms with E-state index in [0.29, 0.717) is 5.69 Å². The second-order valence-corrected chi connectivity index (χ2v) is 12.1.